The maximum Gasteiger partial charge on any atom is 0.339 e. The van der Waals surface area contributed by atoms with E-state index in [9.17, 15) is 4.79 Å². The molecule has 1 aliphatic rings. The van der Waals surface area contributed by atoms with Crippen LogP contribution in [0.3, 0.4) is 0 Å². The fraction of sp³-hybridized carbons (Fsp3) is 0.316. The molecule has 0 saturated heterocycles. The molecular weight excluding hydrogens is 304 g/mol. The lowest BCUT2D eigenvalue weighted by Crippen LogP contribution is -2.35. The van der Waals surface area contributed by atoms with Crippen LogP contribution in [-0.2, 0) is 4.74 Å². The standard InChI is InChI=1S/C19H18N2O3/c1-19(2)9-15(14-8-12(10-20)4-7-17(14)24-19)16-6-5-13(11-21-16)18(22)23-3/h4-8,11,15H,9H2,1-3H3. The molecular formula is C19H18N2O3. The predicted octanol–water partition coefficient (Wildman–Crippen LogP) is 3.43. The van der Waals surface area contributed by atoms with Gasteiger partial charge in [0.25, 0.3) is 0 Å². The van der Waals surface area contributed by atoms with Gasteiger partial charge in [0.15, 0.2) is 0 Å². The van der Waals surface area contributed by atoms with Crippen LogP contribution in [0.25, 0.3) is 0 Å². The molecule has 1 aromatic carbocycles. The molecule has 122 valence electrons. The lowest BCUT2D eigenvalue weighted by atomic mass is 9.81. The van der Waals surface area contributed by atoms with Crippen LogP contribution in [0.4, 0.5) is 0 Å². The zero-order chi connectivity index (χ0) is 17.3. The highest BCUT2D eigenvalue weighted by atomic mass is 16.5. The van der Waals surface area contributed by atoms with Crippen molar-refractivity contribution in [3.05, 3.63) is 58.9 Å². The molecule has 1 atom stereocenters. The summed E-state index contributed by atoms with van der Waals surface area (Å²) in [5, 5.41) is 9.17. The largest absolute Gasteiger partial charge is 0.488 e. The molecule has 2 aromatic rings. The molecule has 0 spiro atoms. The van der Waals surface area contributed by atoms with Gasteiger partial charge in [0, 0.05) is 23.4 Å². The summed E-state index contributed by atoms with van der Waals surface area (Å²) in [5.41, 5.74) is 2.46. The van der Waals surface area contributed by atoms with E-state index >= 15 is 0 Å². The summed E-state index contributed by atoms with van der Waals surface area (Å²) < 4.78 is 10.7. The Labute approximate surface area is 140 Å². The minimum atomic E-state index is -0.409. The van der Waals surface area contributed by atoms with E-state index < -0.39 is 5.97 Å². The second-order valence-electron chi connectivity index (χ2n) is 6.45. The molecule has 0 amide bonds. The van der Waals surface area contributed by atoms with Crippen LogP contribution < -0.4 is 4.74 Å². The molecule has 0 radical (unpaired) electrons. The van der Waals surface area contributed by atoms with Crippen molar-refractivity contribution in [2.45, 2.75) is 31.8 Å². The van der Waals surface area contributed by atoms with Gasteiger partial charge in [0.05, 0.1) is 24.3 Å². The van der Waals surface area contributed by atoms with E-state index in [1.54, 1.807) is 12.1 Å². The number of esters is 1. The molecule has 1 unspecified atom stereocenters. The molecule has 1 aliphatic heterocycles. The van der Waals surface area contributed by atoms with Crippen molar-refractivity contribution in [2.75, 3.05) is 7.11 Å². The van der Waals surface area contributed by atoms with Gasteiger partial charge in [-0.05, 0) is 50.6 Å². The summed E-state index contributed by atoms with van der Waals surface area (Å²) >= 11 is 0. The summed E-state index contributed by atoms with van der Waals surface area (Å²) in [7, 11) is 1.34. The zero-order valence-corrected chi connectivity index (χ0v) is 13.9. The molecule has 0 N–H and O–H groups in total. The molecule has 0 bridgehead atoms. The summed E-state index contributed by atoms with van der Waals surface area (Å²) in [6, 6.07) is 11.2. The Morgan fingerprint density at radius 3 is 2.79 bits per heavy atom. The van der Waals surface area contributed by atoms with Gasteiger partial charge in [0.2, 0.25) is 0 Å². The minimum absolute atomic E-state index is 0.00347. The number of hydrogen-bond acceptors (Lipinski definition) is 5. The van der Waals surface area contributed by atoms with Gasteiger partial charge in [0.1, 0.15) is 11.4 Å². The average Bonchev–Trinajstić information content (AvgIpc) is 2.59. The van der Waals surface area contributed by atoms with Crippen LogP contribution in [0.15, 0.2) is 36.5 Å². The number of aromatic nitrogens is 1. The van der Waals surface area contributed by atoms with E-state index in [2.05, 4.69) is 11.1 Å². The molecule has 5 heteroatoms. The second-order valence-corrected chi connectivity index (χ2v) is 6.45. The van der Waals surface area contributed by atoms with Crippen molar-refractivity contribution in [2.24, 2.45) is 0 Å². The Balaban J connectivity index is 2.04. The van der Waals surface area contributed by atoms with Crippen LogP contribution in [0, 0.1) is 11.3 Å². The number of benzene rings is 1. The smallest absolute Gasteiger partial charge is 0.339 e. The summed E-state index contributed by atoms with van der Waals surface area (Å²) in [6.45, 7) is 4.06. The number of hydrogen-bond donors (Lipinski definition) is 0. The number of rotatable bonds is 2. The van der Waals surface area contributed by atoms with Crippen molar-refractivity contribution in [3.63, 3.8) is 0 Å². The Hall–Kier alpha value is -2.87. The van der Waals surface area contributed by atoms with E-state index in [0.717, 1.165) is 23.4 Å². The maximum atomic E-state index is 11.6. The first kappa shape index (κ1) is 16.0. The first-order valence-electron chi connectivity index (χ1n) is 7.71. The van der Waals surface area contributed by atoms with Crippen LogP contribution in [-0.4, -0.2) is 23.7 Å². The van der Waals surface area contributed by atoms with Gasteiger partial charge < -0.3 is 9.47 Å². The van der Waals surface area contributed by atoms with Crippen molar-refractivity contribution < 1.29 is 14.3 Å². The number of methoxy groups -OCH3 is 1. The zero-order valence-electron chi connectivity index (χ0n) is 13.9. The Morgan fingerprint density at radius 2 is 2.17 bits per heavy atom. The quantitative estimate of drug-likeness (QED) is 0.792. The van der Waals surface area contributed by atoms with E-state index in [4.69, 9.17) is 14.7 Å². The molecule has 5 nitrogen and oxygen atoms in total. The molecule has 0 fully saturated rings. The molecule has 1 aromatic heterocycles. The summed E-state index contributed by atoms with van der Waals surface area (Å²) in [6.07, 6.45) is 2.26. The lowest BCUT2D eigenvalue weighted by molar-refractivity contribution is 0.0599. The molecule has 24 heavy (non-hydrogen) atoms. The molecule has 0 saturated carbocycles. The third kappa shape index (κ3) is 2.95. The third-order valence-electron chi connectivity index (χ3n) is 4.16. The molecule has 2 heterocycles. The monoisotopic (exact) mass is 322 g/mol. The van der Waals surface area contributed by atoms with Crippen molar-refractivity contribution >= 4 is 5.97 Å². The summed E-state index contributed by atoms with van der Waals surface area (Å²) in [4.78, 5) is 16.0. The SMILES string of the molecule is COC(=O)c1ccc(C2CC(C)(C)Oc3ccc(C#N)cc32)nc1. The van der Waals surface area contributed by atoms with Crippen LogP contribution in [0.2, 0.25) is 0 Å². The summed E-state index contributed by atoms with van der Waals surface area (Å²) in [5.74, 6) is 0.367. The van der Waals surface area contributed by atoms with E-state index in [1.807, 2.05) is 32.0 Å². The van der Waals surface area contributed by atoms with E-state index in [1.165, 1.54) is 13.3 Å². The van der Waals surface area contributed by atoms with Crippen LogP contribution >= 0.6 is 0 Å². The fourth-order valence-electron chi connectivity index (χ4n) is 3.04. The normalized spacial score (nSPS) is 18.0. The van der Waals surface area contributed by atoms with E-state index in [0.29, 0.717) is 11.1 Å². The number of nitrogens with zero attached hydrogens (tertiary/aromatic N) is 2. The van der Waals surface area contributed by atoms with Gasteiger partial charge in [-0.2, -0.15) is 5.26 Å². The Bertz CT molecular complexity index is 819. The van der Waals surface area contributed by atoms with E-state index in [-0.39, 0.29) is 11.5 Å². The number of carbonyl (C=O) groups excluding carboxylic acids is 1. The first-order valence-corrected chi connectivity index (χ1v) is 7.71. The molecule has 0 aliphatic carbocycles. The minimum Gasteiger partial charge on any atom is -0.488 e. The average molecular weight is 322 g/mol. The van der Waals surface area contributed by atoms with Gasteiger partial charge in [-0.25, -0.2) is 4.79 Å². The number of fused-ring (bicyclic) bond motifs is 1. The number of nitriles is 1. The van der Waals surface area contributed by atoms with Crippen molar-refractivity contribution in [1.29, 1.82) is 5.26 Å². The third-order valence-corrected chi connectivity index (χ3v) is 4.16. The highest BCUT2D eigenvalue weighted by Crippen LogP contribution is 2.43. The van der Waals surface area contributed by atoms with Gasteiger partial charge >= 0.3 is 5.97 Å². The highest BCUT2D eigenvalue weighted by molar-refractivity contribution is 5.88. The van der Waals surface area contributed by atoms with Gasteiger partial charge in [-0.3, -0.25) is 4.98 Å². The molecule has 3 rings (SSSR count). The number of carbonyl (C=O) groups is 1. The Morgan fingerprint density at radius 1 is 1.38 bits per heavy atom. The van der Waals surface area contributed by atoms with Crippen LogP contribution in [0.1, 0.15) is 53.4 Å². The topological polar surface area (TPSA) is 72.2 Å². The van der Waals surface area contributed by atoms with Gasteiger partial charge in [-0.1, -0.05) is 0 Å². The Kier molecular flexibility index (Phi) is 3.98. The number of ether oxygens (including phenoxy) is 2. The van der Waals surface area contributed by atoms with Crippen molar-refractivity contribution in [1.82, 2.24) is 4.98 Å². The second kappa shape index (κ2) is 5.97. The fourth-order valence-corrected chi connectivity index (χ4v) is 3.04. The van der Waals surface area contributed by atoms with Gasteiger partial charge in [-0.15, -0.1) is 0 Å². The maximum absolute atomic E-state index is 11.6. The predicted molar refractivity (Wildman–Crippen MR) is 87.9 cm³/mol. The highest BCUT2D eigenvalue weighted by Gasteiger charge is 2.35. The van der Waals surface area contributed by atoms with Crippen LogP contribution in [0.5, 0.6) is 5.75 Å². The van der Waals surface area contributed by atoms with Crippen molar-refractivity contribution in [3.8, 4) is 11.8 Å². The lowest BCUT2D eigenvalue weighted by Gasteiger charge is -2.37. The first-order chi connectivity index (χ1) is 11.4. The number of pyridine rings is 1.